The Hall–Kier alpha value is -1.44. The first-order chi connectivity index (χ1) is 8.76. The molecule has 0 spiro atoms. The molecule has 2 rings (SSSR count). The molecule has 0 amide bonds. The smallest absolute Gasteiger partial charge is 0.102 e. The number of hydrogen-bond acceptors (Lipinski definition) is 4. The molecule has 92 valence electrons. The van der Waals surface area contributed by atoms with E-state index < -0.39 is 0 Å². The fraction of sp³-hybridized carbons (Fsp3) is 0.214. The molecule has 2 nitrogen and oxygen atoms in total. The van der Waals surface area contributed by atoms with Gasteiger partial charge in [0.1, 0.15) is 6.07 Å². The number of rotatable bonds is 4. The first-order valence-electron chi connectivity index (χ1n) is 5.63. The maximum Gasteiger partial charge on any atom is 0.102 e. The minimum atomic E-state index is 0.217. The van der Waals surface area contributed by atoms with Crippen LogP contribution in [-0.4, -0.2) is 6.26 Å². The summed E-state index contributed by atoms with van der Waals surface area (Å²) in [6, 6.07) is 12.6. The fourth-order valence-corrected chi connectivity index (χ4v) is 3.09. The third-order valence-electron chi connectivity index (χ3n) is 2.70. The van der Waals surface area contributed by atoms with Crippen LogP contribution in [0, 0.1) is 11.3 Å². The van der Waals surface area contributed by atoms with Gasteiger partial charge >= 0.3 is 0 Å². The van der Waals surface area contributed by atoms with E-state index in [2.05, 4.69) is 29.8 Å². The Bertz CT molecular complexity index is 556. The lowest BCUT2D eigenvalue weighted by atomic mass is 10.1. The number of nitriles is 1. The highest BCUT2D eigenvalue weighted by Crippen LogP contribution is 2.29. The Morgan fingerprint density at radius 3 is 2.78 bits per heavy atom. The number of anilines is 1. The van der Waals surface area contributed by atoms with Crippen molar-refractivity contribution in [3.05, 3.63) is 46.2 Å². The van der Waals surface area contributed by atoms with Crippen molar-refractivity contribution in [3.63, 3.8) is 0 Å². The average Bonchev–Trinajstić information content (AvgIpc) is 2.92. The molecule has 18 heavy (non-hydrogen) atoms. The number of nitrogens with one attached hydrogen (secondary N) is 1. The molecular weight excluding hydrogens is 260 g/mol. The van der Waals surface area contributed by atoms with Crippen LogP contribution in [0.5, 0.6) is 0 Å². The van der Waals surface area contributed by atoms with Gasteiger partial charge < -0.3 is 5.32 Å². The molecule has 0 aliphatic heterocycles. The lowest BCUT2D eigenvalue weighted by Crippen LogP contribution is -2.06. The summed E-state index contributed by atoms with van der Waals surface area (Å²) in [7, 11) is 0. The summed E-state index contributed by atoms with van der Waals surface area (Å²) in [6.07, 6.45) is 1.99. The molecular formula is C14H14N2S2. The van der Waals surface area contributed by atoms with Gasteiger partial charge in [0, 0.05) is 9.77 Å². The summed E-state index contributed by atoms with van der Waals surface area (Å²) in [4.78, 5) is 2.29. The molecule has 1 atom stereocenters. The van der Waals surface area contributed by atoms with Gasteiger partial charge in [0.15, 0.2) is 0 Å². The van der Waals surface area contributed by atoms with E-state index in [0.717, 1.165) is 16.1 Å². The summed E-state index contributed by atoms with van der Waals surface area (Å²) in [6.45, 7) is 2.11. The molecule has 4 heteroatoms. The van der Waals surface area contributed by atoms with E-state index in [9.17, 15) is 5.26 Å². The molecule has 0 radical (unpaired) electrons. The summed E-state index contributed by atoms with van der Waals surface area (Å²) in [5.41, 5.74) is 1.64. The van der Waals surface area contributed by atoms with Crippen LogP contribution in [0.3, 0.4) is 0 Å². The third-order valence-corrected chi connectivity index (χ3v) is 4.53. The first kappa shape index (κ1) is 13.0. The van der Waals surface area contributed by atoms with Gasteiger partial charge in [-0.05, 0) is 36.8 Å². The minimum Gasteiger partial charge on any atom is -0.377 e. The first-order valence-corrected chi connectivity index (χ1v) is 7.73. The van der Waals surface area contributed by atoms with Gasteiger partial charge in [-0.3, -0.25) is 0 Å². The normalized spacial score (nSPS) is 11.8. The number of thiophene rings is 1. The zero-order chi connectivity index (χ0) is 13.0. The van der Waals surface area contributed by atoms with Gasteiger partial charge in [-0.15, -0.1) is 23.1 Å². The van der Waals surface area contributed by atoms with Gasteiger partial charge in [-0.1, -0.05) is 12.1 Å². The quantitative estimate of drug-likeness (QED) is 0.833. The van der Waals surface area contributed by atoms with Crippen molar-refractivity contribution in [1.29, 1.82) is 5.26 Å². The van der Waals surface area contributed by atoms with E-state index in [1.54, 1.807) is 23.1 Å². The second kappa shape index (κ2) is 5.94. The molecule has 1 heterocycles. The third kappa shape index (κ3) is 2.69. The molecule has 0 saturated heterocycles. The molecule has 2 aromatic rings. The van der Waals surface area contributed by atoms with Crippen molar-refractivity contribution in [1.82, 2.24) is 0 Å². The lowest BCUT2D eigenvalue weighted by Gasteiger charge is -2.16. The van der Waals surface area contributed by atoms with Gasteiger partial charge in [0.25, 0.3) is 0 Å². The average molecular weight is 274 g/mol. The van der Waals surface area contributed by atoms with Crippen LogP contribution >= 0.6 is 23.1 Å². The molecule has 1 unspecified atom stereocenters. The molecule has 0 saturated carbocycles. The van der Waals surface area contributed by atoms with Crippen LogP contribution in [0.1, 0.15) is 23.4 Å². The standard InChI is InChI=1S/C14H14N2S2/c1-10(13-7-4-8-18-13)16-12-5-3-6-14(17-2)11(12)9-15/h3-8,10,16H,1-2H3. The summed E-state index contributed by atoms with van der Waals surface area (Å²) in [5.74, 6) is 0. The second-order valence-electron chi connectivity index (χ2n) is 3.88. The molecule has 1 aromatic heterocycles. The van der Waals surface area contributed by atoms with Crippen molar-refractivity contribution in [2.75, 3.05) is 11.6 Å². The summed E-state index contributed by atoms with van der Waals surface area (Å²) in [5, 5.41) is 14.8. The second-order valence-corrected chi connectivity index (χ2v) is 5.70. The van der Waals surface area contributed by atoms with Gasteiger partial charge in [0.05, 0.1) is 17.3 Å². The zero-order valence-electron chi connectivity index (χ0n) is 10.3. The Morgan fingerprint density at radius 2 is 2.17 bits per heavy atom. The number of benzene rings is 1. The molecule has 0 aliphatic carbocycles. The molecule has 0 fully saturated rings. The van der Waals surface area contributed by atoms with Crippen LogP contribution in [0.25, 0.3) is 0 Å². The predicted molar refractivity (Wildman–Crippen MR) is 79.3 cm³/mol. The van der Waals surface area contributed by atoms with Crippen molar-refractivity contribution in [2.24, 2.45) is 0 Å². The number of hydrogen-bond donors (Lipinski definition) is 1. The van der Waals surface area contributed by atoms with Gasteiger partial charge in [-0.25, -0.2) is 0 Å². The number of nitrogens with zero attached hydrogens (tertiary/aromatic N) is 1. The van der Waals surface area contributed by atoms with Crippen LogP contribution in [0.2, 0.25) is 0 Å². The zero-order valence-corrected chi connectivity index (χ0v) is 11.9. The largest absolute Gasteiger partial charge is 0.377 e. The monoisotopic (exact) mass is 274 g/mol. The fourth-order valence-electron chi connectivity index (χ4n) is 1.78. The molecule has 0 aliphatic rings. The Balaban J connectivity index is 2.27. The van der Waals surface area contributed by atoms with Crippen molar-refractivity contribution in [3.8, 4) is 6.07 Å². The van der Waals surface area contributed by atoms with Crippen molar-refractivity contribution < 1.29 is 0 Å². The highest BCUT2D eigenvalue weighted by molar-refractivity contribution is 7.98. The van der Waals surface area contributed by atoms with Crippen molar-refractivity contribution >= 4 is 28.8 Å². The topological polar surface area (TPSA) is 35.8 Å². The molecule has 0 bridgehead atoms. The summed E-state index contributed by atoms with van der Waals surface area (Å²) >= 11 is 3.32. The Morgan fingerprint density at radius 1 is 1.33 bits per heavy atom. The van der Waals surface area contributed by atoms with Crippen molar-refractivity contribution in [2.45, 2.75) is 17.9 Å². The van der Waals surface area contributed by atoms with Crippen LogP contribution < -0.4 is 5.32 Å². The molecule has 1 N–H and O–H groups in total. The van der Waals surface area contributed by atoms with Crippen LogP contribution in [0.4, 0.5) is 5.69 Å². The number of thioether (sulfide) groups is 1. The highest BCUT2D eigenvalue weighted by Gasteiger charge is 2.11. The van der Waals surface area contributed by atoms with E-state index in [1.807, 2.05) is 30.5 Å². The SMILES string of the molecule is CSc1cccc(NC(C)c2cccs2)c1C#N. The lowest BCUT2D eigenvalue weighted by molar-refractivity contribution is 0.906. The minimum absolute atomic E-state index is 0.217. The maximum absolute atomic E-state index is 9.27. The van der Waals surface area contributed by atoms with E-state index in [1.165, 1.54) is 4.88 Å². The van der Waals surface area contributed by atoms with Crippen LogP contribution in [0.15, 0.2) is 40.6 Å². The Labute approximate surface area is 116 Å². The van der Waals surface area contributed by atoms with E-state index in [-0.39, 0.29) is 6.04 Å². The maximum atomic E-state index is 9.27. The highest BCUT2D eigenvalue weighted by atomic mass is 32.2. The molecule has 1 aromatic carbocycles. The van der Waals surface area contributed by atoms with Crippen LogP contribution in [-0.2, 0) is 0 Å². The Kier molecular flexibility index (Phi) is 4.29. The summed E-state index contributed by atoms with van der Waals surface area (Å²) < 4.78 is 0. The van der Waals surface area contributed by atoms with Gasteiger partial charge in [0.2, 0.25) is 0 Å². The van der Waals surface area contributed by atoms with E-state index in [4.69, 9.17) is 0 Å². The van der Waals surface area contributed by atoms with E-state index in [0.29, 0.717) is 0 Å². The van der Waals surface area contributed by atoms with E-state index >= 15 is 0 Å². The van der Waals surface area contributed by atoms with Gasteiger partial charge in [-0.2, -0.15) is 5.26 Å². The predicted octanol–water partition coefficient (Wildman–Crippen LogP) is 4.51.